The molecule has 3 rings (SSSR count). The summed E-state index contributed by atoms with van der Waals surface area (Å²) in [6.45, 7) is 3.68. The molecule has 8 nitrogen and oxygen atoms in total. The van der Waals surface area contributed by atoms with E-state index in [-0.39, 0.29) is 24.1 Å². The Morgan fingerprint density at radius 1 is 0.903 bits per heavy atom. The summed E-state index contributed by atoms with van der Waals surface area (Å²) in [6, 6.07) is 17.5. The highest BCUT2D eigenvalue weighted by molar-refractivity contribution is 6.02. The molecular formula is C23H25N3O5. The Morgan fingerprint density at radius 3 is 2.45 bits per heavy atom. The van der Waals surface area contributed by atoms with Crippen LogP contribution >= 0.6 is 0 Å². The number of nitrogens with one attached hydrogen (secondary N) is 3. The predicted octanol–water partition coefficient (Wildman–Crippen LogP) is 4.00. The lowest BCUT2D eigenvalue weighted by Gasteiger charge is -2.10. The average Bonchev–Trinajstić information content (AvgIpc) is 3.32. The van der Waals surface area contributed by atoms with Gasteiger partial charge in [-0.25, -0.2) is 0 Å². The molecule has 2 amide bonds. The van der Waals surface area contributed by atoms with Crippen molar-refractivity contribution >= 4 is 28.9 Å². The quantitative estimate of drug-likeness (QED) is 0.403. The van der Waals surface area contributed by atoms with E-state index in [1.807, 2.05) is 13.0 Å². The van der Waals surface area contributed by atoms with Gasteiger partial charge in [0.15, 0.2) is 5.76 Å². The third-order valence-electron chi connectivity index (χ3n) is 4.16. The number of benzene rings is 2. The fourth-order valence-corrected chi connectivity index (χ4v) is 2.69. The molecule has 0 atom stereocenters. The van der Waals surface area contributed by atoms with Gasteiger partial charge in [0.25, 0.3) is 5.91 Å². The third-order valence-corrected chi connectivity index (χ3v) is 4.16. The Labute approximate surface area is 180 Å². The highest BCUT2D eigenvalue weighted by atomic mass is 16.5. The van der Waals surface area contributed by atoms with Gasteiger partial charge in [0.05, 0.1) is 19.4 Å². The molecule has 31 heavy (non-hydrogen) atoms. The Bertz CT molecular complexity index is 971. The van der Waals surface area contributed by atoms with Crippen molar-refractivity contribution < 1.29 is 23.5 Å². The molecule has 0 bridgehead atoms. The van der Waals surface area contributed by atoms with Gasteiger partial charge in [0.2, 0.25) is 5.91 Å². The first-order valence-corrected chi connectivity index (χ1v) is 9.93. The van der Waals surface area contributed by atoms with Gasteiger partial charge in [-0.3, -0.25) is 9.59 Å². The lowest BCUT2D eigenvalue weighted by atomic mass is 10.2. The predicted molar refractivity (Wildman–Crippen MR) is 119 cm³/mol. The minimum atomic E-state index is -0.342. The fraction of sp³-hybridized carbons (Fsp3) is 0.217. The Morgan fingerprint density at radius 2 is 1.71 bits per heavy atom. The summed E-state index contributed by atoms with van der Waals surface area (Å²) in [7, 11) is 0. The van der Waals surface area contributed by atoms with Crippen LogP contribution in [0.4, 0.5) is 17.1 Å². The molecule has 1 aromatic heterocycles. The van der Waals surface area contributed by atoms with E-state index in [9.17, 15) is 9.59 Å². The molecular weight excluding hydrogens is 398 g/mol. The van der Waals surface area contributed by atoms with Crippen molar-refractivity contribution in [2.24, 2.45) is 0 Å². The number of hydrogen-bond acceptors (Lipinski definition) is 6. The number of rotatable bonds is 11. The van der Waals surface area contributed by atoms with Crippen LogP contribution in [0.25, 0.3) is 0 Å². The van der Waals surface area contributed by atoms with E-state index in [1.165, 1.54) is 6.26 Å². The molecule has 0 aliphatic rings. The van der Waals surface area contributed by atoms with Gasteiger partial charge in [-0.1, -0.05) is 6.07 Å². The SMILES string of the molecule is CCOCCOc1ccc(NC(=O)CNc2cccc(NC(=O)c3ccco3)c2)cc1. The maximum absolute atomic E-state index is 12.2. The van der Waals surface area contributed by atoms with Gasteiger partial charge in [-0.15, -0.1) is 0 Å². The molecule has 3 aromatic rings. The summed E-state index contributed by atoms with van der Waals surface area (Å²) in [5.74, 6) is 0.396. The minimum absolute atomic E-state index is 0.0716. The Kier molecular flexibility index (Phi) is 8.07. The molecule has 0 radical (unpaired) electrons. The lowest BCUT2D eigenvalue weighted by molar-refractivity contribution is -0.114. The number of carbonyl (C=O) groups is 2. The molecule has 8 heteroatoms. The molecule has 0 unspecified atom stereocenters. The van der Waals surface area contributed by atoms with Crippen LogP contribution in [-0.2, 0) is 9.53 Å². The lowest BCUT2D eigenvalue weighted by Crippen LogP contribution is -2.21. The standard InChI is InChI=1S/C23H25N3O5/c1-2-29-13-14-30-20-10-8-17(9-11-20)25-22(27)16-24-18-5-3-6-19(15-18)26-23(28)21-7-4-12-31-21/h3-12,15,24H,2,13-14,16H2,1H3,(H,25,27)(H,26,28). The number of furan rings is 1. The van der Waals surface area contributed by atoms with Crippen LogP contribution in [0.15, 0.2) is 71.3 Å². The van der Waals surface area contributed by atoms with Crippen molar-refractivity contribution in [1.29, 1.82) is 0 Å². The van der Waals surface area contributed by atoms with Crippen LogP contribution in [0.3, 0.4) is 0 Å². The zero-order valence-electron chi connectivity index (χ0n) is 17.2. The number of ether oxygens (including phenoxy) is 2. The monoisotopic (exact) mass is 423 g/mol. The van der Waals surface area contributed by atoms with Crippen LogP contribution < -0.4 is 20.7 Å². The molecule has 0 spiro atoms. The molecule has 0 fully saturated rings. The summed E-state index contributed by atoms with van der Waals surface area (Å²) in [5, 5.41) is 8.60. The molecule has 0 aliphatic carbocycles. The molecule has 1 heterocycles. The molecule has 0 aliphatic heterocycles. The summed E-state index contributed by atoms with van der Waals surface area (Å²) in [4.78, 5) is 24.3. The van der Waals surface area contributed by atoms with E-state index in [1.54, 1.807) is 54.6 Å². The van der Waals surface area contributed by atoms with E-state index in [2.05, 4.69) is 16.0 Å². The summed E-state index contributed by atoms with van der Waals surface area (Å²) in [6.07, 6.45) is 1.44. The Hall–Kier alpha value is -3.78. The van der Waals surface area contributed by atoms with E-state index >= 15 is 0 Å². The van der Waals surface area contributed by atoms with Crippen molar-refractivity contribution in [3.8, 4) is 5.75 Å². The first kappa shape index (κ1) is 21.9. The summed E-state index contributed by atoms with van der Waals surface area (Å²) in [5.41, 5.74) is 1.96. The molecule has 0 saturated heterocycles. The van der Waals surface area contributed by atoms with Gasteiger partial charge in [-0.2, -0.15) is 0 Å². The first-order valence-electron chi connectivity index (χ1n) is 9.93. The zero-order chi connectivity index (χ0) is 21.9. The van der Waals surface area contributed by atoms with Crippen LogP contribution in [0.5, 0.6) is 5.75 Å². The second-order valence-corrected chi connectivity index (χ2v) is 6.48. The van der Waals surface area contributed by atoms with Gasteiger partial charge < -0.3 is 29.8 Å². The fourth-order valence-electron chi connectivity index (χ4n) is 2.69. The van der Waals surface area contributed by atoms with Gasteiger partial charge in [-0.05, 0) is 61.5 Å². The van der Waals surface area contributed by atoms with E-state index in [4.69, 9.17) is 13.9 Å². The average molecular weight is 423 g/mol. The van der Waals surface area contributed by atoms with Crippen molar-refractivity contribution in [2.45, 2.75) is 6.92 Å². The topological polar surface area (TPSA) is 102 Å². The second kappa shape index (κ2) is 11.4. The molecule has 2 aromatic carbocycles. The number of hydrogen-bond donors (Lipinski definition) is 3. The van der Waals surface area contributed by atoms with Gasteiger partial charge in [0.1, 0.15) is 12.4 Å². The minimum Gasteiger partial charge on any atom is -0.491 e. The second-order valence-electron chi connectivity index (χ2n) is 6.48. The Balaban J connectivity index is 1.44. The highest BCUT2D eigenvalue weighted by Crippen LogP contribution is 2.17. The summed E-state index contributed by atoms with van der Waals surface area (Å²) < 4.78 is 15.8. The first-order chi connectivity index (χ1) is 15.1. The number of amides is 2. The molecule has 3 N–H and O–H groups in total. The van der Waals surface area contributed by atoms with E-state index in [0.717, 1.165) is 0 Å². The molecule has 162 valence electrons. The van der Waals surface area contributed by atoms with Crippen LogP contribution in [0, 0.1) is 0 Å². The zero-order valence-corrected chi connectivity index (χ0v) is 17.2. The van der Waals surface area contributed by atoms with E-state index in [0.29, 0.717) is 42.6 Å². The van der Waals surface area contributed by atoms with Crippen molar-refractivity contribution in [2.75, 3.05) is 42.3 Å². The number of carbonyl (C=O) groups excluding carboxylic acids is 2. The normalized spacial score (nSPS) is 10.4. The smallest absolute Gasteiger partial charge is 0.291 e. The third kappa shape index (κ3) is 7.20. The largest absolute Gasteiger partial charge is 0.491 e. The van der Waals surface area contributed by atoms with Gasteiger partial charge in [0, 0.05) is 23.7 Å². The highest BCUT2D eigenvalue weighted by Gasteiger charge is 2.09. The van der Waals surface area contributed by atoms with Crippen LogP contribution in [0.2, 0.25) is 0 Å². The van der Waals surface area contributed by atoms with Crippen molar-refractivity contribution in [3.05, 3.63) is 72.7 Å². The number of anilines is 3. The maximum Gasteiger partial charge on any atom is 0.291 e. The van der Waals surface area contributed by atoms with Crippen LogP contribution in [0.1, 0.15) is 17.5 Å². The molecule has 0 saturated carbocycles. The van der Waals surface area contributed by atoms with E-state index < -0.39 is 0 Å². The summed E-state index contributed by atoms with van der Waals surface area (Å²) >= 11 is 0. The van der Waals surface area contributed by atoms with Crippen molar-refractivity contribution in [3.63, 3.8) is 0 Å². The van der Waals surface area contributed by atoms with Gasteiger partial charge >= 0.3 is 0 Å². The van der Waals surface area contributed by atoms with Crippen LogP contribution in [-0.4, -0.2) is 38.2 Å². The maximum atomic E-state index is 12.2. The van der Waals surface area contributed by atoms with Crippen molar-refractivity contribution in [1.82, 2.24) is 0 Å².